The number of hydrogen-bond acceptors (Lipinski definition) is 2. The van der Waals surface area contributed by atoms with E-state index < -0.39 is 0 Å². The van der Waals surface area contributed by atoms with Gasteiger partial charge in [-0.25, -0.2) is 4.79 Å². The molecule has 3 unspecified atom stereocenters. The first-order valence-corrected chi connectivity index (χ1v) is 5.87. The summed E-state index contributed by atoms with van der Waals surface area (Å²) in [5.41, 5.74) is -0.265. The monoisotopic (exact) mass is 224 g/mol. The maximum Gasteiger partial charge on any atom is 0.315 e. The Hall–Kier alpha value is -1.06. The minimum Gasteiger partial charge on any atom is -0.341 e. The molecule has 4 heteroatoms. The second-order valence-electron chi connectivity index (χ2n) is 5.76. The van der Waals surface area contributed by atoms with E-state index in [9.17, 15) is 9.59 Å². The average molecular weight is 224 g/mol. The summed E-state index contributed by atoms with van der Waals surface area (Å²) in [4.78, 5) is 23.6. The Morgan fingerprint density at radius 1 is 1.38 bits per heavy atom. The molecule has 2 N–H and O–H groups in total. The van der Waals surface area contributed by atoms with Crippen LogP contribution < -0.4 is 10.6 Å². The van der Waals surface area contributed by atoms with E-state index in [0.717, 1.165) is 12.8 Å². The standard InChI is InChI=1S/C12H20N2O2/c1-11(2)7-5-6-12(11,3)9(15)8(7)14-10(16)13-4/h7-8H,5-6H2,1-4H3,(H2,13,14,16). The SMILES string of the molecule is CNC(=O)NC1C(=O)C2(C)CCC1C2(C)C. The van der Waals surface area contributed by atoms with Gasteiger partial charge in [-0.05, 0) is 24.2 Å². The lowest BCUT2D eigenvalue weighted by Gasteiger charge is -2.32. The van der Waals surface area contributed by atoms with E-state index in [-0.39, 0.29) is 34.6 Å². The fourth-order valence-electron chi connectivity index (χ4n) is 3.47. The Bertz CT molecular complexity index is 351. The van der Waals surface area contributed by atoms with Crippen molar-refractivity contribution in [3.8, 4) is 0 Å². The van der Waals surface area contributed by atoms with Gasteiger partial charge in [0.15, 0.2) is 5.78 Å². The van der Waals surface area contributed by atoms with Gasteiger partial charge in [0.2, 0.25) is 0 Å². The van der Waals surface area contributed by atoms with Crippen molar-refractivity contribution in [2.24, 2.45) is 16.7 Å². The van der Waals surface area contributed by atoms with Crippen molar-refractivity contribution in [1.29, 1.82) is 0 Å². The van der Waals surface area contributed by atoms with Crippen LogP contribution in [0.4, 0.5) is 4.79 Å². The lowest BCUT2D eigenvalue weighted by Crippen LogP contribution is -2.49. The molecule has 2 rings (SSSR count). The van der Waals surface area contributed by atoms with Crippen molar-refractivity contribution < 1.29 is 9.59 Å². The Morgan fingerprint density at radius 3 is 2.44 bits per heavy atom. The number of carbonyl (C=O) groups is 2. The molecule has 0 saturated heterocycles. The number of ketones is 1. The van der Waals surface area contributed by atoms with Gasteiger partial charge in [-0.2, -0.15) is 0 Å². The summed E-state index contributed by atoms with van der Waals surface area (Å²) in [7, 11) is 1.57. The van der Waals surface area contributed by atoms with Crippen molar-refractivity contribution >= 4 is 11.8 Å². The molecule has 2 bridgehead atoms. The van der Waals surface area contributed by atoms with Crippen LogP contribution in [0.25, 0.3) is 0 Å². The summed E-state index contributed by atoms with van der Waals surface area (Å²) < 4.78 is 0. The van der Waals surface area contributed by atoms with Gasteiger partial charge < -0.3 is 10.6 Å². The molecule has 16 heavy (non-hydrogen) atoms. The molecule has 0 aromatic carbocycles. The number of amides is 2. The van der Waals surface area contributed by atoms with E-state index >= 15 is 0 Å². The van der Waals surface area contributed by atoms with Crippen molar-refractivity contribution in [2.45, 2.75) is 39.7 Å². The average Bonchev–Trinajstić information content (AvgIpc) is 2.53. The number of nitrogens with one attached hydrogen (secondary N) is 2. The minimum absolute atomic E-state index is 0.00420. The lowest BCUT2D eigenvalue weighted by atomic mass is 9.70. The molecule has 2 aliphatic carbocycles. The zero-order chi connectivity index (χ0) is 12.1. The first-order valence-electron chi connectivity index (χ1n) is 5.87. The highest BCUT2D eigenvalue weighted by molar-refractivity contribution is 5.96. The normalized spacial score (nSPS) is 39.9. The van der Waals surface area contributed by atoms with Crippen LogP contribution in [0, 0.1) is 16.7 Å². The van der Waals surface area contributed by atoms with Crippen LogP contribution in [0.2, 0.25) is 0 Å². The highest BCUT2D eigenvalue weighted by Gasteiger charge is 2.66. The fraction of sp³-hybridized carbons (Fsp3) is 0.833. The van der Waals surface area contributed by atoms with Crippen molar-refractivity contribution in [3.63, 3.8) is 0 Å². The van der Waals surface area contributed by atoms with Gasteiger partial charge in [0, 0.05) is 12.5 Å². The number of rotatable bonds is 1. The largest absolute Gasteiger partial charge is 0.341 e. The number of hydrogen-bond donors (Lipinski definition) is 2. The molecule has 0 aromatic heterocycles. The maximum atomic E-state index is 12.3. The summed E-state index contributed by atoms with van der Waals surface area (Å²) in [6.07, 6.45) is 1.99. The second kappa shape index (κ2) is 3.22. The minimum atomic E-state index is -0.298. The van der Waals surface area contributed by atoms with Crippen LogP contribution in [0.1, 0.15) is 33.6 Å². The molecule has 0 aromatic rings. The Morgan fingerprint density at radius 2 is 2.00 bits per heavy atom. The topological polar surface area (TPSA) is 58.2 Å². The predicted octanol–water partition coefficient (Wildman–Crippen LogP) is 1.31. The zero-order valence-corrected chi connectivity index (χ0v) is 10.4. The van der Waals surface area contributed by atoms with Crippen LogP contribution in [-0.4, -0.2) is 24.9 Å². The van der Waals surface area contributed by atoms with E-state index in [1.807, 2.05) is 6.92 Å². The van der Waals surface area contributed by atoms with Gasteiger partial charge in [0.25, 0.3) is 0 Å². The molecule has 90 valence electrons. The number of fused-ring (bicyclic) bond motifs is 2. The maximum absolute atomic E-state index is 12.3. The van der Waals surface area contributed by atoms with Gasteiger partial charge >= 0.3 is 6.03 Å². The molecule has 2 saturated carbocycles. The third-order valence-electron chi connectivity index (χ3n) is 5.05. The first kappa shape index (κ1) is 11.4. The highest BCUT2D eigenvalue weighted by atomic mass is 16.2. The van der Waals surface area contributed by atoms with Gasteiger partial charge in [-0.15, -0.1) is 0 Å². The van der Waals surface area contributed by atoms with Crippen LogP contribution in [0.5, 0.6) is 0 Å². The smallest absolute Gasteiger partial charge is 0.315 e. The summed E-state index contributed by atoms with van der Waals surface area (Å²) in [5, 5.41) is 5.30. The van der Waals surface area contributed by atoms with Crippen molar-refractivity contribution in [1.82, 2.24) is 10.6 Å². The lowest BCUT2D eigenvalue weighted by molar-refractivity contribution is -0.129. The number of urea groups is 1. The summed E-state index contributed by atoms with van der Waals surface area (Å²) in [5.74, 6) is 0.486. The Labute approximate surface area is 96.2 Å². The van der Waals surface area contributed by atoms with E-state index in [4.69, 9.17) is 0 Å². The third kappa shape index (κ3) is 1.16. The summed E-state index contributed by atoms with van der Waals surface area (Å²) in [6, 6.07) is -0.556. The highest BCUT2D eigenvalue weighted by Crippen LogP contribution is 2.63. The molecule has 2 aliphatic rings. The zero-order valence-electron chi connectivity index (χ0n) is 10.4. The van der Waals surface area contributed by atoms with E-state index in [0.29, 0.717) is 0 Å². The van der Waals surface area contributed by atoms with Crippen molar-refractivity contribution in [3.05, 3.63) is 0 Å². The fourth-order valence-corrected chi connectivity index (χ4v) is 3.47. The molecule has 4 nitrogen and oxygen atoms in total. The van der Waals surface area contributed by atoms with E-state index in [2.05, 4.69) is 24.5 Å². The van der Waals surface area contributed by atoms with Crippen molar-refractivity contribution in [2.75, 3.05) is 7.05 Å². The van der Waals surface area contributed by atoms with Gasteiger partial charge in [0.05, 0.1) is 6.04 Å². The molecular formula is C12H20N2O2. The third-order valence-corrected chi connectivity index (χ3v) is 5.05. The molecule has 0 radical (unpaired) electrons. The summed E-state index contributed by atoms with van der Waals surface area (Å²) in [6.45, 7) is 6.34. The second-order valence-corrected chi connectivity index (χ2v) is 5.76. The van der Waals surface area contributed by atoms with Crippen LogP contribution in [0.15, 0.2) is 0 Å². The Balaban J connectivity index is 2.26. The quantitative estimate of drug-likeness (QED) is 0.705. The van der Waals surface area contributed by atoms with E-state index in [1.165, 1.54) is 0 Å². The molecule has 0 heterocycles. The Kier molecular flexibility index (Phi) is 2.30. The van der Waals surface area contributed by atoms with E-state index in [1.54, 1.807) is 7.05 Å². The van der Waals surface area contributed by atoms with Gasteiger partial charge in [-0.1, -0.05) is 20.8 Å². The van der Waals surface area contributed by atoms with Gasteiger partial charge in [-0.3, -0.25) is 4.79 Å². The first-order chi connectivity index (χ1) is 7.34. The van der Waals surface area contributed by atoms with Crippen LogP contribution >= 0.6 is 0 Å². The number of Topliss-reactive ketones (excluding diaryl/α,β-unsaturated/α-hetero) is 1. The molecule has 2 fully saturated rings. The van der Waals surface area contributed by atoms with Crippen LogP contribution in [0.3, 0.4) is 0 Å². The molecule has 0 aliphatic heterocycles. The predicted molar refractivity (Wildman–Crippen MR) is 61.0 cm³/mol. The molecule has 2 amide bonds. The molecule has 3 atom stereocenters. The van der Waals surface area contributed by atoms with Crippen LogP contribution in [-0.2, 0) is 4.79 Å². The molecular weight excluding hydrogens is 204 g/mol. The van der Waals surface area contributed by atoms with Gasteiger partial charge in [0.1, 0.15) is 0 Å². The molecule has 0 spiro atoms. The number of carbonyl (C=O) groups excluding carboxylic acids is 2. The summed E-state index contributed by atoms with van der Waals surface area (Å²) >= 11 is 0.